The molecule has 2 rings (SSSR count). The van der Waals surface area contributed by atoms with Crippen LogP contribution in [-0.4, -0.2) is 21.3 Å². The van der Waals surface area contributed by atoms with Gasteiger partial charge in [-0.3, -0.25) is 4.68 Å². The molecule has 0 aliphatic carbocycles. The molecular weight excluding hydrogens is 219 g/mol. The van der Waals surface area contributed by atoms with E-state index in [1.165, 1.54) is 17.8 Å². The lowest BCUT2D eigenvalue weighted by atomic mass is 10.2. The summed E-state index contributed by atoms with van der Waals surface area (Å²) in [6, 6.07) is 3.04. The number of pyridine rings is 1. The number of anilines is 1. The van der Waals surface area contributed by atoms with Crippen LogP contribution >= 0.6 is 0 Å². The Balaban J connectivity index is 1.71. The average molecular weight is 234 g/mol. The molecular formula is C12H15FN4. The maximum Gasteiger partial charge on any atom is 0.141 e. The molecule has 5 heteroatoms. The van der Waals surface area contributed by atoms with Crippen LogP contribution in [-0.2, 0) is 13.5 Å². The fraction of sp³-hybridized carbons (Fsp3) is 0.333. The SMILES string of the molecule is Cn1cc(CCCNc2ccc(F)cn2)cn1. The van der Waals surface area contributed by atoms with Crippen LogP contribution in [0, 0.1) is 5.82 Å². The number of aryl methyl sites for hydroxylation is 2. The maximum absolute atomic E-state index is 12.6. The molecule has 0 saturated heterocycles. The van der Waals surface area contributed by atoms with Crippen LogP contribution in [0.1, 0.15) is 12.0 Å². The van der Waals surface area contributed by atoms with Crippen LogP contribution in [0.5, 0.6) is 0 Å². The molecule has 0 spiro atoms. The van der Waals surface area contributed by atoms with Crippen molar-refractivity contribution in [2.75, 3.05) is 11.9 Å². The van der Waals surface area contributed by atoms with Gasteiger partial charge in [-0.25, -0.2) is 9.37 Å². The smallest absolute Gasteiger partial charge is 0.141 e. The van der Waals surface area contributed by atoms with Crippen molar-refractivity contribution in [2.45, 2.75) is 12.8 Å². The van der Waals surface area contributed by atoms with Crippen LogP contribution in [0.3, 0.4) is 0 Å². The van der Waals surface area contributed by atoms with Crippen molar-refractivity contribution in [2.24, 2.45) is 7.05 Å². The molecule has 2 heterocycles. The van der Waals surface area contributed by atoms with Gasteiger partial charge in [-0.05, 0) is 30.5 Å². The average Bonchev–Trinajstić information content (AvgIpc) is 2.73. The lowest BCUT2D eigenvalue weighted by Crippen LogP contribution is -2.04. The highest BCUT2D eigenvalue weighted by molar-refractivity contribution is 5.33. The molecule has 0 aromatic carbocycles. The zero-order valence-electron chi connectivity index (χ0n) is 9.73. The number of nitrogens with one attached hydrogen (secondary N) is 1. The Morgan fingerprint density at radius 3 is 2.88 bits per heavy atom. The molecule has 0 atom stereocenters. The number of aromatic nitrogens is 3. The Morgan fingerprint density at radius 2 is 2.24 bits per heavy atom. The third-order valence-electron chi connectivity index (χ3n) is 2.43. The molecule has 0 amide bonds. The summed E-state index contributed by atoms with van der Waals surface area (Å²) in [6.07, 6.45) is 7.06. The first-order chi connectivity index (χ1) is 8.24. The third kappa shape index (κ3) is 3.55. The fourth-order valence-electron chi connectivity index (χ4n) is 1.59. The van der Waals surface area contributed by atoms with Gasteiger partial charge >= 0.3 is 0 Å². The van der Waals surface area contributed by atoms with E-state index in [0.29, 0.717) is 5.82 Å². The second kappa shape index (κ2) is 5.43. The molecule has 0 radical (unpaired) electrons. The summed E-state index contributed by atoms with van der Waals surface area (Å²) in [7, 11) is 1.91. The normalized spacial score (nSPS) is 10.5. The predicted molar refractivity (Wildman–Crippen MR) is 64.2 cm³/mol. The van der Waals surface area contributed by atoms with Gasteiger partial charge in [0, 0.05) is 19.8 Å². The van der Waals surface area contributed by atoms with Crippen molar-refractivity contribution in [1.29, 1.82) is 0 Å². The summed E-state index contributed by atoms with van der Waals surface area (Å²) in [5.74, 6) is 0.392. The summed E-state index contributed by atoms with van der Waals surface area (Å²) >= 11 is 0. The van der Waals surface area contributed by atoms with E-state index in [1.54, 1.807) is 10.7 Å². The molecule has 4 nitrogen and oxygen atoms in total. The van der Waals surface area contributed by atoms with Crippen LogP contribution in [0.15, 0.2) is 30.7 Å². The Kier molecular flexibility index (Phi) is 3.69. The van der Waals surface area contributed by atoms with Crippen LogP contribution in [0.25, 0.3) is 0 Å². The standard InChI is InChI=1S/C12H15FN4/c1-17-9-10(7-16-17)3-2-6-14-12-5-4-11(13)8-15-12/h4-5,7-9H,2-3,6H2,1H3,(H,14,15). The number of nitrogens with zero attached hydrogens (tertiary/aromatic N) is 3. The molecule has 90 valence electrons. The van der Waals surface area contributed by atoms with Crippen molar-refractivity contribution in [3.8, 4) is 0 Å². The van der Waals surface area contributed by atoms with Crippen LogP contribution < -0.4 is 5.32 Å². The molecule has 0 bridgehead atoms. The quantitative estimate of drug-likeness (QED) is 0.805. The maximum atomic E-state index is 12.6. The number of halogens is 1. The lowest BCUT2D eigenvalue weighted by Gasteiger charge is -2.04. The minimum absolute atomic E-state index is 0.314. The summed E-state index contributed by atoms with van der Waals surface area (Å²) < 4.78 is 14.4. The predicted octanol–water partition coefficient (Wildman–Crippen LogP) is 2.00. The highest BCUT2D eigenvalue weighted by atomic mass is 19.1. The van der Waals surface area contributed by atoms with Gasteiger partial charge in [0.15, 0.2) is 0 Å². The first-order valence-corrected chi connectivity index (χ1v) is 5.57. The fourth-order valence-corrected chi connectivity index (χ4v) is 1.59. The van der Waals surface area contributed by atoms with E-state index in [4.69, 9.17) is 0 Å². The zero-order chi connectivity index (χ0) is 12.1. The molecule has 1 N–H and O–H groups in total. The van der Waals surface area contributed by atoms with Gasteiger partial charge < -0.3 is 5.32 Å². The molecule has 2 aromatic heterocycles. The molecule has 0 fully saturated rings. The minimum Gasteiger partial charge on any atom is -0.370 e. The Labute approximate surface area is 99.5 Å². The zero-order valence-corrected chi connectivity index (χ0v) is 9.73. The van der Waals surface area contributed by atoms with E-state index in [1.807, 2.05) is 19.4 Å². The Bertz CT molecular complexity index is 464. The Hall–Kier alpha value is -1.91. The molecule has 17 heavy (non-hydrogen) atoms. The number of hydrogen-bond donors (Lipinski definition) is 1. The van der Waals surface area contributed by atoms with Crippen molar-refractivity contribution in [3.63, 3.8) is 0 Å². The number of rotatable bonds is 5. The summed E-state index contributed by atoms with van der Waals surface area (Å²) in [5, 5.41) is 7.25. The third-order valence-corrected chi connectivity index (χ3v) is 2.43. The molecule has 0 unspecified atom stereocenters. The van der Waals surface area contributed by atoms with E-state index >= 15 is 0 Å². The van der Waals surface area contributed by atoms with Gasteiger partial charge in [-0.2, -0.15) is 5.10 Å². The molecule has 0 aliphatic heterocycles. The van der Waals surface area contributed by atoms with Crippen molar-refractivity contribution in [3.05, 3.63) is 42.1 Å². The second-order valence-electron chi connectivity index (χ2n) is 3.91. The summed E-state index contributed by atoms with van der Waals surface area (Å²) in [6.45, 7) is 0.813. The van der Waals surface area contributed by atoms with Gasteiger partial charge in [0.2, 0.25) is 0 Å². The summed E-state index contributed by atoms with van der Waals surface area (Å²) in [4.78, 5) is 3.92. The van der Waals surface area contributed by atoms with E-state index in [-0.39, 0.29) is 5.82 Å². The first kappa shape index (κ1) is 11.6. The topological polar surface area (TPSA) is 42.7 Å². The summed E-state index contributed by atoms with van der Waals surface area (Å²) in [5.41, 5.74) is 1.22. The van der Waals surface area contributed by atoms with E-state index in [9.17, 15) is 4.39 Å². The van der Waals surface area contributed by atoms with Gasteiger partial charge in [0.1, 0.15) is 11.6 Å². The number of hydrogen-bond acceptors (Lipinski definition) is 3. The van der Waals surface area contributed by atoms with Crippen LogP contribution in [0.2, 0.25) is 0 Å². The van der Waals surface area contributed by atoms with E-state index < -0.39 is 0 Å². The monoisotopic (exact) mass is 234 g/mol. The van der Waals surface area contributed by atoms with Crippen LogP contribution in [0.4, 0.5) is 10.2 Å². The highest BCUT2D eigenvalue weighted by Gasteiger charge is 1.97. The highest BCUT2D eigenvalue weighted by Crippen LogP contribution is 2.05. The molecule has 0 aliphatic rings. The van der Waals surface area contributed by atoms with E-state index in [0.717, 1.165) is 19.4 Å². The first-order valence-electron chi connectivity index (χ1n) is 5.57. The lowest BCUT2D eigenvalue weighted by molar-refractivity contribution is 0.621. The second-order valence-corrected chi connectivity index (χ2v) is 3.91. The van der Waals surface area contributed by atoms with Gasteiger partial charge in [-0.1, -0.05) is 0 Å². The minimum atomic E-state index is -0.314. The van der Waals surface area contributed by atoms with Crippen molar-refractivity contribution < 1.29 is 4.39 Å². The molecule has 2 aromatic rings. The van der Waals surface area contributed by atoms with Crippen molar-refractivity contribution in [1.82, 2.24) is 14.8 Å². The Morgan fingerprint density at radius 1 is 1.35 bits per heavy atom. The van der Waals surface area contributed by atoms with Gasteiger partial charge in [-0.15, -0.1) is 0 Å². The largest absolute Gasteiger partial charge is 0.370 e. The van der Waals surface area contributed by atoms with Gasteiger partial charge in [0.25, 0.3) is 0 Å². The van der Waals surface area contributed by atoms with Crippen molar-refractivity contribution >= 4 is 5.82 Å². The molecule has 0 saturated carbocycles. The van der Waals surface area contributed by atoms with E-state index in [2.05, 4.69) is 15.4 Å². The van der Waals surface area contributed by atoms with Gasteiger partial charge in [0.05, 0.1) is 12.4 Å².